The lowest BCUT2D eigenvalue weighted by molar-refractivity contribution is 0.405. The van der Waals surface area contributed by atoms with E-state index in [1.54, 1.807) is 26.0 Å². The number of halogens is 1. The molecule has 0 unspecified atom stereocenters. The average molecular weight is 459 g/mol. The molecule has 0 radical (unpaired) electrons. The highest BCUT2D eigenvalue weighted by Gasteiger charge is 2.06. The maximum Gasteiger partial charge on any atom is 0.193 e. The molecular weight excluding hydrogens is 437 g/mol. The van der Waals surface area contributed by atoms with Gasteiger partial charge in [-0.15, -0.1) is 35.7 Å². The number of benzene rings is 2. The van der Waals surface area contributed by atoms with Crippen molar-refractivity contribution in [2.24, 2.45) is 10.7 Å². The number of ether oxygens (including phenoxy) is 2. The van der Waals surface area contributed by atoms with Gasteiger partial charge in [0.1, 0.15) is 11.5 Å². The molecule has 0 saturated carbocycles. The topological polar surface area (TPSA) is 68.9 Å². The largest absolute Gasteiger partial charge is 0.497 e. The second-order valence-corrected chi connectivity index (χ2v) is 5.62. The Morgan fingerprint density at radius 2 is 1.83 bits per heavy atom. The van der Waals surface area contributed by atoms with Gasteiger partial charge >= 0.3 is 0 Å². The van der Waals surface area contributed by atoms with E-state index in [9.17, 15) is 0 Å². The Labute approximate surface area is 164 Å². The third kappa shape index (κ3) is 5.79. The molecule has 0 aliphatic heterocycles. The molecule has 130 valence electrons. The number of hydrogen-bond donors (Lipinski definition) is 2. The van der Waals surface area contributed by atoms with Crippen LogP contribution in [0.15, 0.2) is 52.4 Å². The molecule has 0 aliphatic carbocycles. The summed E-state index contributed by atoms with van der Waals surface area (Å²) < 4.78 is 10.5. The van der Waals surface area contributed by atoms with Crippen LogP contribution >= 0.6 is 35.7 Å². The van der Waals surface area contributed by atoms with Crippen LogP contribution in [0.2, 0.25) is 0 Å². The van der Waals surface area contributed by atoms with Crippen LogP contribution in [-0.4, -0.2) is 26.4 Å². The van der Waals surface area contributed by atoms with Crippen molar-refractivity contribution in [2.45, 2.75) is 11.4 Å². The van der Waals surface area contributed by atoms with Crippen molar-refractivity contribution in [1.82, 2.24) is 0 Å². The Kier molecular flexibility index (Phi) is 8.77. The predicted molar refractivity (Wildman–Crippen MR) is 112 cm³/mol. The van der Waals surface area contributed by atoms with Crippen molar-refractivity contribution in [3.63, 3.8) is 0 Å². The Balaban J connectivity index is 0.00000288. The van der Waals surface area contributed by atoms with E-state index in [4.69, 9.17) is 15.2 Å². The predicted octanol–water partition coefficient (Wildman–Crippen LogP) is 3.97. The van der Waals surface area contributed by atoms with Crippen LogP contribution in [-0.2, 0) is 6.54 Å². The highest BCUT2D eigenvalue weighted by Crippen LogP contribution is 2.28. The highest BCUT2D eigenvalue weighted by atomic mass is 127. The summed E-state index contributed by atoms with van der Waals surface area (Å²) in [5.74, 6) is 1.72. The molecule has 0 spiro atoms. The lowest BCUT2D eigenvalue weighted by Gasteiger charge is -2.12. The van der Waals surface area contributed by atoms with Gasteiger partial charge in [-0.25, -0.2) is 4.99 Å². The zero-order valence-electron chi connectivity index (χ0n) is 13.9. The fraction of sp³-hybridized carbons (Fsp3) is 0.235. The molecule has 24 heavy (non-hydrogen) atoms. The number of methoxy groups -OCH3 is 2. The second kappa shape index (κ2) is 10.3. The minimum Gasteiger partial charge on any atom is -0.497 e. The van der Waals surface area contributed by atoms with Crippen molar-refractivity contribution in [3.05, 3.63) is 48.0 Å². The van der Waals surface area contributed by atoms with E-state index < -0.39 is 0 Å². The first-order valence-electron chi connectivity index (χ1n) is 7.08. The van der Waals surface area contributed by atoms with Crippen LogP contribution in [0, 0.1) is 0 Å². The van der Waals surface area contributed by atoms with Crippen LogP contribution < -0.4 is 20.5 Å². The van der Waals surface area contributed by atoms with Gasteiger partial charge in [0.15, 0.2) is 5.96 Å². The fourth-order valence-electron chi connectivity index (χ4n) is 2.00. The van der Waals surface area contributed by atoms with Gasteiger partial charge in [0.2, 0.25) is 0 Å². The van der Waals surface area contributed by atoms with E-state index in [0.29, 0.717) is 29.7 Å². The van der Waals surface area contributed by atoms with E-state index in [-0.39, 0.29) is 24.0 Å². The molecule has 0 atom stereocenters. The average Bonchev–Trinajstić information content (AvgIpc) is 2.60. The number of thioether (sulfide) groups is 1. The molecule has 5 nitrogen and oxygen atoms in total. The van der Waals surface area contributed by atoms with Gasteiger partial charge in [-0.05, 0) is 36.1 Å². The summed E-state index contributed by atoms with van der Waals surface area (Å²) >= 11 is 1.71. The van der Waals surface area contributed by atoms with E-state index >= 15 is 0 Å². The van der Waals surface area contributed by atoms with Crippen molar-refractivity contribution in [3.8, 4) is 11.5 Å². The van der Waals surface area contributed by atoms with Crippen LogP contribution in [0.25, 0.3) is 0 Å². The molecule has 0 aliphatic rings. The van der Waals surface area contributed by atoms with Crippen molar-refractivity contribution in [1.29, 1.82) is 0 Å². The third-order valence-electron chi connectivity index (χ3n) is 3.26. The minimum atomic E-state index is 0. The Hall–Kier alpha value is -1.61. The number of nitrogens with two attached hydrogens (primary N) is 1. The normalized spacial score (nSPS) is 10.7. The molecule has 0 fully saturated rings. The van der Waals surface area contributed by atoms with Gasteiger partial charge in [0.25, 0.3) is 0 Å². The highest BCUT2D eigenvalue weighted by molar-refractivity contribution is 14.0. The number of nitrogens with one attached hydrogen (secondary N) is 1. The number of hydrogen-bond acceptors (Lipinski definition) is 4. The molecular formula is C17H22IN3O2S. The molecule has 0 saturated heterocycles. The van der Waals surface area contributed by atoms with E-state index in [2.05, 4.69) is 40.8 Å². The Bertz CT molecular complexity index is 678. The molecule has 0 heterocycles. The number of rotatable bonds is 6. The van der Waals surface area contributed by atoms with Crippen molar-refractivity contribution < 1.29 is 9.47 Å². The van der Waals surface area contributed by atoms with E-state index in [1.165, 1.54) is 4.90 Å². The van der Waals surface area contributed by atoms with E-state index in [1.807, 2.05) is 18.2 Å². The van der Waals surface area contributed by atoms with Gasteiger partial charge in [0, 0.05) is 11.0 Å². The van der Waals surface area contributed by atoms with Gasteiger partial charge in [-0.1, -0.05) is 12.1 Å². The van der Waals surface area contributed by atoms with Gasteiger partial charge in [0.05, 0.1) is 26.5 Å². The van der Waals surface area contributed by atoms with E-state index in [0.717, 1.165) is 5.56 Å². The molecule has 0 bridgehead atoms. The summed E-state index contributed by atoms with van der Waals surface area (Å²) in [6.07, 6.45) is 2.05. The Morgan fingerprint density at radius 1 is 1.12 bits per heavy atom. The summed E-state index contributed by atoms with van der Waals surface area (Å²) in [4.78, 5) is 5.58. The minimum absolute atomic E-state index is 0. The smallest absolute Gasteiger partial charge is 0.193 e. The number of aliphatic imine (C=N–C) groups is 1. The summed E-state index contributed by atoms with van der Waals surface area (Å²) in [6.45, 7) is 0.514. The lowest BCUT2D eigenvalue weighted by atomic mass is 10.2. The second-order valence-electron chi connectivity index (χ2n) is 4.74. The molecule has 2 rings (SSSR count). The van der Waals surface area contributed by atoms with Gasteiger partial charge in [-0.2, -0.15) is 0 Å². The first kappa shape index (κ1) is 20.4. The molecule has 7 heteroatoms. The number of anilines is 1. The van der Waals surface area contributed by atoms with Crippen molar-refractivity contribution in [2.75, 3.05) is 25.8 Å². The molecule has 2 aromatic carbocycles. The summed E-state index contributed by atoms with van der Waals surface area (Å²) in [5, 5.41) is 3.05. The lowest BCUT2D eigenvalue weighted by Crippen LogP contribution is -2.23. The van der Waals surface area contributed by atoms with Crippen LogP contribution in [0.4, 0.5) is 5.69 Å². The molecule has 0 amide bonds. The maximum atomic E-state index is 5.96. The van der Waals surface area contributed by atoms with Gasteiger partial charge < -0.3 is 20.5 Å². The Morgan fingerprint density at radius 3 is 2.42 bits per heavy atom. The summed E-state index contributed by atoms with van der Waals surface area (Å²) in [7, 11) is 3.22. The zero-order valence-corrected chi connectivity index (χ0v) is 17.1. The SMILES string of the molecule is COc1ccc(OC)c(NC(N)=NCc2ccc(SC)cc2)c1.I. The molecule has 0 aromatic heterocycles. The van der Waals surface area contributed by atoms with Crippen LogP contribution in [0.5, 0.6) is 11.5 Å². The zero-order chi connectivity index (χ0) is 16.7. The third-order valence-corrected chi connectivity index (χ3v) is 4.00. The summed E-state index contributed by atoms with van der Waals surface area (Å²) in [5.41, 5.74) is 7.78. The maximum absolute atomic E-state index is 5.96. The number of nitrogens with zero attached hydrogens (tertiary/aromatic N) is 1. The van der Waals surface area contributed by atoms with Crippen LogP contribution in [0.1, 0.15) is 5.56 Å². The standard InChI is InChI=1S/C17H21N3O2S.HI/c1-21-13-6-9-16(22-2)15(10-13)20-17(18)19-11-12-4-7-14(23-3)8-5-12;/h4-10H,11H2,1-3H3,(H3,18,19,20);1H. The number of guanidine groups is 1. The summed E-state index contributed by atoms with van der Waals surface area (Å²) in [6, 6.07) is 13.7. The fourth-order valence-corrected chi connectivity index (χ4v) is 2.40. The quantitative estimate of drug-likeness (QED) is 0.296. The molecule has 3 N–H and O–H groups in total. The first-order chi connectivity index (χ1) is 11.2. The van der Waals surface area contributed by atoms with Crippen molar-refractivity contribution >= 4 is 47.4 Å². The molecule has 2 aromatic rings. The monoisotopic (exact) mass is 459 g/mol. The van der Waals surface area contributed by atoms with Gasteiger partial charge in [-0.3, -0.25) is 0 Å². The van der Waals surface area contributed by atoms with Crippen LogP contribution in [0.3, 0.4) is 0 Å². The first-order valence-corrected chi connectivity index (χ1v) is 8.30.